The van der Waals surface area contributed by atoms with Crippen LogP contribution in [0.1, 0.15) is 47.1 Å². The molecule has 0 aliphatic heterocycles. The first-order valence-corrected chi connectivity index (χ1v) is 5.00. The fourth-order valence-corrected chi connectivity index (χ4v) is 1.77. The highest BCUT2D eigenvalue weighted by molar-refractivity contribution is 5.93. The molecule has 0 unspecified atom stereocenters. The lowest BCUT2D eigenvalue weighted by atomic mass is 9.85. The lowest BCUT2D eigenvalue weighted by Crippen LogP contribution is -2.29. The Morgan fingerprint density at radius 2 is 2.20 bits per heavy atom. The van der Waals surface area contributed by atoms with Gasteiger partial charge in [-0.2, -0.15) is 0 Å². The van der Waals surface area contributed by atoms with Crippen molar-refractivity contribution in [2.45, 2.75) is 32.1 Å². The van der Waals surface area contributed by atoms with E-state index in [1.165, 1.54) is 6.42 Å². The molecule has 5 heteroatoms. The van der Waals surface area contributed by atoms with Crippen molar-refractivity contribution >= 4 is 5.91 Å². The maximum atomic E-state index is 11.6. The number of nitrogens with one attached hydrogen (secondary N) is 1. The quantitative estimate of drug-likeness (QED) is 0.737. The third-order valence-electron chi connectivity index (χ3n) is 2.86. The Morgan fingerprint density at radius 3 is 2.60 bits per heavy atom. The Hall–Kier alpha value is -1.65. The first kappa shape index (κ1) is 9.89. The van der Waals surface area contributed by atoms with E-state index in [0.717, 1.165) is 12.8 Å². The number of nitrogens with zero attached hydrogens (tertiary/aromatic N) is 1. The third-order valence-corrected chi connectivity index (χ3v) is 2.86. The summed E-state index contributed by atoms with van der Waals surface area (Å²) < 4.78 is 0. The maximum Gasteiger partial charge on any atom is 0.264 e. The Morgan fingerprint density at radius 1 is 1.53 bits per heavy atom. The van der Waals surface area contributed by atoms with Crippen molar-refractivity contribution in [1.82, 2.24) is 9.97 Å². The predicted octanol–water partition coefficient (Wildman–Crippen LogP) is 0.445. The van der Waals surface area contributed by atoms with Crippen LogP contribution in [-0.2, 0) is 0 Å². The third kappa shape index (κ3) is 1.65. The first-order chi connectivity index (χ1) is 7.09. The van der Waals surface area contributed by atoms with Crippen molar-refractivity contribution in [3.8, 4) is 0 Å². The number of nitrogens with two attached hydrogens (primary N) is 1. The minimum Gasteiger partial charge on any atom is -0.365 e. The summed E-state index contributed by atoms with van der Waals surface area (Å²) in [6, 6.07) is 0. The zero-order chi connectivity index (χ0) is 11.0. The molecular formula is C10H13N3O2. The van der Waals surface area contributed by atoms with Crippen LogP contribution in [0.2, 0.25) is 0 Å². The second kappa shape index (κ2) is 3.49. The summed E-state index contributed by atoms with van der Waals surface area (Å²) in [4.78, 5) is 29.4. The summed E-state index contributed by atoms with van der Waals surface area (Å²) in [7, 11) is 0. The summed E-state index contributed by atoms with van der Waals surface area (Å²) in [5, 5.41) is 0. The van der Waals surface area contributed by atoms with Gasteiger partial charge in [0.1, 0.15) is 11.4 Å². The summed E-state index contributed by atoms with van der Waals surface area (Å²) in [5.41, 5.74) is 5.06. The predicted molar refractivity (Wildman–Crippen MR) is 54.7 cm³/mol. The molecule has 1 aromatic heterocycles. The zero-order valence-electron chi connectivity index (χ0n) is 8.54. The second-order valence-corrected chi connectivity index (χ2v) is 3.90. The van der Waals surface area contributed by atoms with Crippen molar-refractivity contribution in [1.29, 1.82) is 0 Å². The lowest BCUT2D eigenvalue weighted by Gasteiger charge is -2.24. The number of hydrogen-bond donors (Lipinski definition) is 2. The van der Waals surface area contributed by atoms with Gasteiger partial charge in [0.15, 0.2) is 0 Å². The number of primary amides is 1. The van der Waals surface area contributed by atoms with E-state index in [9.17, 15) is 9.59 Å². The normalized spacial score (nSPS) is 16.1. The van der Waals surface area contributed by atoms with Crippen LogP contribution in [0, 0.1) is 6.92 Å². The lowest BCUT2D eigenvalue weighted by molar-refractivity contribution is 0.0997. The van der Waals surface area contributed by atoms with Crippen LogP contribution in [0.3, 0.4) is 0 Å². The summed E-state index contributed by atoms with van der Waals surface area (Å²) in [5.74, 6) is 0.313. The molecule has 0 radical (unpaired) electrons. The van der Waals surface area contributed by atoms with E-state index < -0.39 is 11.5 Å². The van der Waals surface area contributed by atoms with Gasteiger partial charge in [-0.05, 0) is 19.8 Å². The minimum absolute atomic E-state index is 0.0296. The highest BCUT2D eigenvalue weighted by atomic mass is 16.2. The van der Waals surface area contributed by atoms with Crippen LogP contribution >= 0.6 is 0 Å². The molecule has 2 rings (SSSR count). The molecule has 0 aromatic carbocycles. The van der Waals surface area contributed by atoms with Crippen LogP contribution in [-0.4, -0.2) is 15.9 Å². The molecule has 1 amide bonds. The molecule has 1 aliphatic rings. The fraction of sp³-hybridized carbons (Fsp3) is 0.500. The monoisotopic (exact) mass is 207 g/mol. The molecule has 0 saturated heterocycles. The Labute approximate surface area is 86.7 Å². The summed E-state index contributed by atoms with van der Waals surface area (Å²) in [6.45, 7) is 1.64. The molecule has 15 heavy (non-hydrogen) atoms. The Kier molecular flexibility index (Phi) is 2.30. The van der Waals surface area contributed by atoms with Crippen LogP contribution in [0.25, 0.3) is 0 Å². The number of H-pyrrole nitrogens is 1. The molecule has 1 aromatic rings. The van der Waals surface area contributed by atoms with Gasteiger partial charge < -0.3 is 10.7 Å². The first-order valence-electron chi connectivity index (χ1n) is 5.00. The number of amides is 1. The van der Waals surface area contributed by atoms with E-state index in [0.29, 0.717) is 17.4 Å². The van der Waals surface area contributed by atoms with Gasteiger partial charge in [0, 0.05) is 5.92 Å². The van der Waals surface area contributed by atoms with Gasteiger partial charge in [-0.25, -0.2) is 4.98 Å². The number of rotatable bonds is 2. The highest BCUT2D eigenvalue weighted by Crippen LogP contribution is 2.33. The van der Waals surface area contributed by atoms with Crippen LogP contribution in [0.4, 0.5) is 0 Å². The Bertz CT molecular complexity index is 460. The maximum absolute atomic E-state index is 11.6. The van der Waals surface area contributed by atoms with Crippen molar-refractivity contribution in [3.63, 3.8) is 0 Å². The number of aromatic nitrogens is 2. The average Bonchev–Trinajstić information content (AvgIpc) is 1.97. The van der Waals surface area contributed by atoms with E-state index >= 15 is 0 Å². The molecule has 1 saturated carbocycles. The molecule has 0 bridgehead atoms. The van der Waals surface area contributed by atoms with Crippen molar-refractivity contribution < 1.29 is 4.79 Å². The fourth-order valence-electron chi connectivity index (χ4n) is 1.77. The molecule has 80 valence electrons. The van der Waals surface area contributed by atoms with E-state index in [1.54, 1.807) is 6.92 Å². The highest BCUT2D eigenvalue weighted by Gasteiger charge is 2.23. The van der Waals surface area contributed by atoms with Gasteiger partial charge in [0.05, 0.1) is 5.69 Å². The van der Waals surface area contributed by atoms with E-state index in [4.69, 9.17) is 5.73 Å². The minimum atomic E-state index is -0.721. The molecule has 5 nitrogen and oxygen atoms in total. The number of carbonyl (C=O) groups is 1. The van der Waals surface area contributed by atoms with Crippen molar-refractivity contribution in [2.24, 2.45) is 5.73 Å². The summed E-state index contributed by atoms with van der Waals surface area (Å²) in [6.07, 6.45) is 3.28. The van der Waals surface area contributed by atoms with E-state index in [1.807, 2.05) is 0 Å². The van der Waals surface area contributed by atoms with Gasteiger partial charge in [0.2, 0.25) is 0 Å². The number of hydrogen-bond acceptors (Lipinski definition) is 3. The average molecular weight is 207 g/mol. The SMILES string of the molecule is Cc1nc(C2CCC2)[nH]c(=O)c1C(N)=O. The van der Waals surface area contributed by atoms with Gasteiger partial charge in [-0.3, -0.25) is 9.59 Å². The largest absolute Gasteiger partial charge is 0.365 e. The standard InChI is InChI=1S/C10H13N3O2/c1-5-7(8(11)14)10(15)13-9(12-5)6-3-2-4-6/h6H,2-4H2,1H3,(H2,11,14)(H,12,13,15). The molecule has 0 atom stereocenters. The Balaban J connectivity index is 2.47. The van der Waals surface area contributed by atoms with Crippen molar-refractivity contribution in [3.05, 3.63) is 27.4 Å². The van der Waals surface area contributed by atoms with Gasteiger partial charge in [-0.1, -0.05) is 6.42 Å². The van der Waals surface area contributed by atoms with Gasteiger partial charge in [0.25, 0.3) is 11.5 Å². The number of aryl methyl sites for hydroxylation is 1. The molecule has 3 N–H and O–H groups in total. The molecular weight excluding hydrogens is 194 g/mol. The van der Waals surface area contributed by atoms with E-state index in [-0.39, 0.29) is 5.56 Å². The zero-order valence-corrected chi connectivity index (χ0v) is 8.54. The molecule has 1 heterocycles. The van der Waals surface area contributed by atoms with E-state index in [2.05, 4.69) is 9.97 Å². The second-order valence-electron chi connectivity index (χ2n) is 3.90. The van der Waals surface area contributed by atoms with Crippen LogP contribution in [0.15, 0.2) is 4.79 Å². The number of carbonyl (C=O) groups excluding carboxylic acids is 1. The topological polar surface area (TPSA) is 88.8 Å². The molecule has 0 spiro atoms. The number of aromatic amines is 1. The molecule has 1 fully saturated rings. The smallest absolute Gasteiger partial charge is 0.264 e. The van der Waals surface area contributed by atoms with Crippen LogP contribution in [0.5, 0.6) is 0 Å². The van der Waals surface area contributed by atoms with Crippen LogP contribution < -0.4 is 11.3 Å². The summed E-state index contributed by atoms with van der Waals surface area (Å²) >= 11 is 0. The van der Waals surface area contributed by atoms with Gasteiger partial charge >= 0.3 is 0 Å². The van der Waals surface area contributed by atoms with Crippen molar-refractivity contribution in [2.75, 3.05) is 0 Å². The van der Waals surface area contributed by atoms with Gasteiger partial charge in [-0.15, -0.1) is 0 Å². The molecule has 1 aliphatic carbocycles.